The fourth-order valence-electron chi connectivity index (χ4n) is 3.29. The van der Waals surface area contributed by atoms with E-state index in [4.69, 9.17) is 11.6 Å². The van der Waals surface area contributed by atoms with Crippen LogP contribution in [0, 0.1) is 0 Å². The molecule has 0 spiro atoms. The van der Waals surface area contributed by atoms with Crippen molar-refractivity contribution >= 4 is 33.2 Å². The van der Waals surface area contributed by atoms with Crippen molar-refractivity contribution < 1.29 is 13.2 Å². The number of nitrogens with one attached hydrogen (secondary N) is 1. The van der Waals surface area contributed by atoms with Crippen LogP contribution >= 0.6 is 11.6 Å². The van der Waals surface area contributed by atoms with Crippen LogP contribution in [0.5, 0.6) is 0 Å². The second kappa shape index (κ2) is 9.32. The molecular weight excluding hydrogens is 424 g/mol. The Morgan fingerprint density at radius 3 is 2.63 bits per heavy atom. The third-order valence-electron chi connectivity index (χ3n) is 4.62. The van der Waals surface area contributed by atoms with E-state index >= 15 is 0 Å². The van der Waals surface area contributed by atoms with Gasteiger partial charge >= 0.3 is 0 Å². The Morgan fingerprint density at radius 2 is 2.00 bits per heavy atom. The highest BCUT2D eigenvalue weighted by Crippen LogP contribution is 2.25. The van der Waals surface area contributed by atoms with Gasteiger partial charge < -0.3 is 9.88 Å². The molecule has 2 aromatic carbocycles. The van der Waals surface area contributed by atoms with Crippen molar-refractivity contribution in [2.45, 2.75) is 25.9 Å². The second-order valence-electron chi connectivity index (χ2n) is 6.78. The summed E-state index contributed by atoms with van der Waals surface area (Å²) in [6.07, 6.45) is 6.56. The normalized spacial score (nSPS) is 12.4. The van der Waals surface area contributed by atoms with Gasteiger partial charge in [0.2, 0.25) is 15.9 Å². The van der Waals surface area contributed by atoms with Gasteiger partial charge in [-0.3, -0.25) is 9.10 Å². The van der Waals surface area contributed by atoms with E-state index in [0.29, 0.717) is 17.1 Å². The van der Waals surface area contributed by atoms with E-state index in [1.807, 2.05) is 35.0 Å². The minimum Gasteiger partial charge on any atom is -0.350 e. The van der Waals surface area contributed by atoms with Gasteiger partial charge in [0.05, 0.1) is 24.0 Å². The average Bonchev–Trinajstić information content (AvgIpc) is 3.24. The maximum Gasteiger partial charge on any atom is 0.244 e. The van der Waals surface area contributed by atoms with Gasteiger partial charge in [-0.2, -0.15) is 0 Å². The minimum atomic E-state index is -3.72. The number of anilines is 1. The Morgan fingerprint density at radius 1 is 1.23 bits per heavy atom. The monoisotopic (exact) mass is 446 g/mol. The smallest absolute Gasteiger partial charge is 0.244 e. The number of amides is 1. The number of hydrogen-bond donors (Lipinski definition) is 1. The van der Waals surface area contributed by atoms with Gasteiger partial charge in [0.25, 0.3) is 0 Å². The summed E-state index contributed by atoms with van der Waals surface area (Å²) in [5, 5.41) is 3.27. The molecule has 0 bridgehead atoms. The van der Waals surface area contributed by atoms with Gasteiger partial charge in [0.1, 0.15) is 6.04 Å². The van der Waals surface area contributed by atoms with E-state index in [-0.39, 0.29) is 12.5 Å². The number of para-hydroxylation sites is 1. The van der Waals surface area contributed by atoms with Crippen molar-refractivity contribution in [3.05, 3.63) is 77.8 Å². The number of halogens is 1. The topological polar surface area (TPSA) is 84.3 Å². The van der Waals surface area contributed by atoms with Gasteiger partial charge in [-0.15, -0.1) is 0 Å². The summed E-state index contributed by atoms with van der Waals surface area (Å²) in [6, 6.07) is 13.2. The highest BCUT2D eigenvalue weighted by Gasteiger charge is 2.31. The Kier molecular flexibility index (Phi) is 6.79. The summed E-state index contributed by atoms with van der Waals surface area (Å²) in [5.74, 6) is -0.386. The molecule has 0 fully saturated rings. The highest BCUT2D eigenvalue weighted by molar-refractivity contribution is 7.92. The predicted molar refractivity (Wildman–Crippen MR) is 118 cm³/mol. The minimum absolute atomic E-state index is 0.247. The summed E-state index contributed by atoms with van der Waals surface area (Å²) < 4.78 is 28.0. The zero-order valence-corrected chi connectivity index (χ0v) is 18.3. The number of nitrogens with zero attached hydrogens (tertiary/aromatic N) is 3. The van der Waals surface area contributed by atoms with Crippen LogP contribution in [-0.4, -0.2) is 36.2 Å². The highest BCUT2D eigenvalue weighted by atomic mass is 35.5. The fraction of sp³-hybridized carbons (Fsp3) is 0.238. The molecule has 158 valence electrons. The van der Waals surface area contributed by atoms with Crippen molar-refractivity contribution in [3.8, 4) is 5.69 Å². The number of carbonyl (C=O) groups excluding carboxylic acids is 1. The van der Waals surface area contributed by atoms with Crippen LogP contribution in [-0.2, 0) is 21.4 Å². The standard InChI is InChI=1S/C21H23ClN4O3S/c1-3-19(26(30(2,28)29)18-9-6-8-17(22)13-18)21(27)24-14-16-7-4-5-10-20(16)25-12-11-23-15-25/h4-13,15,19H,3,14H2,1-2H3,(H,24,27). The van der Waals surface area contributed by atoms with Gasteiger partial charge in [-0.05, 0) is 36.2 Å². The first-order valence-corrected chi connectivity index (χ1v) is 11.6. The molecule has 1 heterocycles. The van der Waals surface area contributed by atoms with Crippen LogP contribution in [0.3, 0.4) is 0 Å². The summed E-state index contributed by atoms with van der Waals surface area (Å²) in [7, 11) is -3.72. The number of hydrogen-bond acceptors (Lipinski definition) is 4. The molecule has 7 nitrogen and oxygen atoms in total. The molecule has 0 aliphatic carbocycles. The van der Waals surface area contributed by atoms with Gasteiger partial charge in [-0.1, -0.05) is 42.8 Å². The summed E-state index contributed by atoms with van der Waals surface area (Å²) >= 11 is 6.04. The largest absolute Gasteiger partial charge is 0.350 e. The van der Waals surface area contributed by atoms with Crippen LogP contribution in [0.2, 0.25) is 5.02 Å². The van der Waals surface area contributed by atoms with E-state index < -0.39 is 16.1 Å². The van der Waals surface area contributed by atoms with E-state index in [1.54, 1.807) is 37.6 Å². The molecule has 9 heteroatoms. The molecule has 0 radical (unpaired) electrons. The lowest BCUT2D eigenvalue weighted by atomic mass is 10.1. The predicted octanol–water partition coefficient (Wildman–Crippen LogP) is 3.39. The molecule has 0 aliphatic heterocycles. The molecule has 1 unspecified atom stereocenters. The zero-order chi connectivity index (χ0) is 21.7. The molecular formula is C21H23ClN4O3S. The number of aromatic nitrogens is 2. The molecule has 3 rings (SSSR count). The van der Waals surface area contributed by atoms with Crippen molar-refractivity contribution in [1.82, 2.24) is 14.9 Å². The van der Waals surface area contributed by atoms with Crippen molar-refractivity contribution in [3.63, 3.8) is 0 Å². The first-order chi connectivity index (χ1) is 14.3. The number of rotatable bonds is 8. The van der Waals surface area contributed by atoms with Crippen molar-refractivity contribution in [2.75, 3.05) is 10.6 Å². The van der Waals surface area contributed by atoms with Crippen molar-refractivity contribution in [1.29, 1.82) is 0 Å². The third kappa shape index (κ3) is 5.01. The maximum atomic E-state index is 13.0. The molecule has 1 amide bonds. The van der Waals surface area contributed by atoms with E-state index in [1.165, 1.54) is 6.07 Å². The maximum absolute atomic E-state index is 13.0. The lowest BCUT2D eigenvalue weighted by Crippen LogP contribution is -2.49. The Bertz CT molecular complexity index is 1120. The summed E-state index contributed by atoms with van der Waals surface area (Å²) in [5.41, 5.74) is 2.12. The molecule has 1 aromatic heterocycles. The van der Waals surface area contributed by atoms with Crippen LogP contribution in [0.1, 0.15) is 18.9 Å². The molecule has 3 aromatic rings. The van der Waals surface area contributed by atoms with Gasteiger partial charge in [0.15, 0.2) is 0 Å². The molecule has 0 saturated heterocycles. The Balaban J connectivity index is 1.84. The molecule has 1 atom stereocenters. The van der Waals surface area contributed by atoms with Crippen LogP contribution in [0.25, 0.3) is 5.69 Å². The van der Waals surface area contributed by atoms with Gasteiger partial charge in [0, 0.05) is 24.0 Å². The van der Waals surface area contributed by atoms with Crippen LogP contribution < -0.4 is 9.62 Å². The summed E-state index contributed by atoms with van der Waals surface area (Å²) in [4.78, 5) is 17.1. The van der Waals surface area contributed by atoms with Crippen LogP contribution in [0.15, 0.2) is 67.3 Å². The van der Waals surface area contributed by atoms with E-state index in [9.17, 15) is 13.2 Å². The second-order valence-corrected chi connectivity index (χ2v) is 9.08. The Hall–Kier alpha value is -2.84. The number of carbonyl (C=O) groups is 1. The molecule has 1 N–H and O–H groups in total. The zero-order valence-electron chi connectivity index (χ0n) is 16.7. The third-order valence-corrected chi connectivity index (χ3v) is 6.03. The van der Waals surface area contributed by atoms with E-state index in [0.717, 1.165) is 21.8 Å². The first-order valence-electron chi connectivity index (χ1n) is 9.40. The van der Waals surface area contributed by atoms with Gasteiger partial charge in [-0.25, -0.2) is 13.4 Å². The fourth-order valence-corrected chi connectivity index (χ4v) is 4.68. The molecule has 30 heavy (non-hydrogen) atoms. The summed E-state index contributed by atoms with van der Waals surface area (Å²) in [6.45, 7) is 2.02. The molecule has 0 aliphatic rings. The van der Waals surface area contributed by atoms with E-state index in [2.05, 4.69) is 10.3 Å². The SMILES string of the molecule is CCC(C(=O)NCc1ccccc1-n1ccnc1)N(c1cccc(Cl)c1)S(C)(=O)=O. The number of imidazole rings is 1. The lowest BCUT2D eigenvalue weighted by Gasteiger charge is -2.30. The first kappa shape index (κ1) is 21.9. The van der Waals surface area contributed by atoms with Crippen LogP contribution in [0.4, 0.5) is 5.69 Å². The Labute approximate surface area is 181 Å². The number of sulfonamides is 1. The van der Waals surface area contributed by atoms with Crippen molar-refractivity contribution in [2.24, 2.45) is 0 Å². The quantitative estimate of drug-likeness (QED) is 0.574. The number of benzene rings is 2. The lowest BCUT2D eigenvalue weighted by molar-refractivity contribution is -0.122. The molecule has 0 saturated carbocycles. The average molecular weight is 447 g/mol.